The lowest BCUT2D eigenvalue weighted by Gasteiger charge is -2.10. The van der Waals surface area contributed by atoms with E-state index in [2.05, 4.69) is 31.5 Å². The molecule has 0 amide bonds. The summed E-state index contributed by atoms with van der Waals surface area (Å²) in [4.78, 5) is 4.32. The van der Waals surface area contributed by atoms with E-state index in [0.717, 1.165) is 36.0 Å². The molecule has 1 fully saturated rings. The highest BCUT2D eigenvalue weighted by molar-refractivity contribution is 9.10. The molecule has 2 rings (SSSR count). The quantitative estimate of drug-likeness (QED) is 0.839. The van der Waals surface area contributed by atoms with Crippen LogP contribution in [0.1, 0.15) is 6.42 Å². The maximum atomic E-state index is 4.32. The summed E-state index contributed by atoms with van der Waals surface area (Å²) in [5.41, 5.74) is 0. The molecule has 0 bridgehead atoms. The maximum Gasteiger partial charge on any atom is 0.127 e. The van der Waals surface area contributed by atoms with Crippen LogP contribution in [0.25, 0.3) is 0 Å². The van der Waals surface area contributed by atoms with E-state index >= 15 is 0 Å². The van der Waals surface area contributed by atoms with E-state index in [1.807, 2.05) is 18.2 Å². The van der Waals surface area contributed by atoms with E-state index in [0.29, 0.717) is 0 Å². The number of hydrogen-bond donors (Lipinski definition) is 2. The first kappa shape index (κ1) is 12.7. The van der Waals surface area contributed by atoms with Crippen LogP contribution >= 0.6 is 28.3 Å². The number of pyridine rings is 1. The van der Waals surface area contributed by atoms with Gasteiger partial charge in [-0.25, -0.2) is 4.98 Å². The number of aromatic nitrogens is 1. The molecule has 0 aromatic carbocycles. The number of rotatable bonds is 3. The van der Waals surface area contributed by atoms with Crippen LogP contribution in [-0.4, -0.2) is 24.6 Å². The molecule has 1 atom stereocenters. The Balaban J connectivity index is 0.00000112. The van der Waals surface area contributed by atoms with Gasteiger partial charge in [0.25, 0.3) is 0 Å². The number of hydrogen-bond acceptors (Lipinski definition) is 3. The Morgan fingerprint density at radius 2 is 2.40 bits per heavy atom. The van der Waals surface area contributed by atoms with Crippen molar-refractivity contribution < 1.29 is 0 Å². The van der Waals surface area contributed by atoms with E-state index in [1.54, 1.807) is 0 Å². The zero-order valence-electron chi connectivity index (χ0n) is 8.37. The fourth-order valence-electron chi connectivity index (χ4n) is 1.64. The minimum atomic E-state index is 0. The van der Waals surface area contributed by atoms with Crippen molar-refractivity contribution in [1.29, 1.82) is 0 Å². The van der Waals surface area contributed by atoms with Gasteiger partial charge in [0.05, 0.1) is 0 Å². The average Bonchev–Trinajstić information content (AvgIpc) is 2.67. The van der Waals surface area contributed by atoms with Crippen LogP contribution in [0.3, 0.4) is 0 Å². The van der Waals surface area contributed by atoms with Gasteiger partial charge in [0, 0.05) is 6.54 Å². The molecule has 2 heterocycles. The highest BCUT2D eigenvalue weighted by Crippen LogP contribution is 2.12. The molecular formula is C10H15BrClN3. The predicted octanol–water partition coefficient (Wildman–Crippen LogP) is 2.29. The Bertz CT molecular complexity index is 302. The van der Waals surface area contributed by atoms with E-state index in [9.17, 15) is 0 Å². The molecule has 1 aromatic heterocycles. The van der Waals surface area contributed by atoms with E-state index in [4.69, 9.17) is 0 Å². The summed E-state index contributed by atoms with van der Waals surface area (Å²) in [5.74, 6) is 1.70. The molecule has 2 N–H and O–H groups in total. The number of nitrogens with zero attached hydrogens (tertiary/aromatic N) is 1. The van der Waals surface area contributed by atoms with Crippen LogP contribution < -0.4 is 10.6 Å². The van der Waals surface area contributed by atoms with Crippen LogP contribution in [-0.2, 0) is 0 Å². The van der Waals surface area contributed by atoms with Crippen molar-refractivity contribution in [3.8, 4) is 0 Å². The van der Waals surface area contributed by atoms with Crippen molar-refractivity contribution in [2.45, 2.75) is 6.42 Å². The van der Waals surface area contributed by atoms with Gasteiger partial charge in [-0.1, -0.05) is 6.07 Å². The number of anilines is 1. The molecule has 0 saturated carbocycles. The summed E-state index contributed by atoms with van der Waals surface area (Å²) in [6, 6.07) is 5.92. The highest BCUT2D eigenvalue weighted by Gasteiger charge is 2.13. The van der Waals surface area contributed by atoms with Crippen molar-refractivity contribution in [3.05, 3.63) is 22.8 Å². The fraction of sp³-hybridized carbons (Fsp3) is 0.500. The normalized spacial score (nSPS) is 19.7. The largest absolute Gasteiger partial charge is 0.370 e. The molecule has 84 valence electrons. The third-order valence-corrected chi connectivity index (χ3v) is 2.89. The van der Waals surface area contributed by atoms with Gasteiger partial charge in [0.15, 0.2) is 0 Å². The van der Waals surface area contributed by atoms with Crippen molar-refractivity contribution in [2.75, 3.05) is 25.0 Å². The molecule has 3 nitrogen and oxygen atoms in total. The Hall–Kier alpha value is -0.320. The minimum absolute atomic E-state index is 0. The van der Waals surface area contributed by atoms with Crippen molar-refractivity contribution in [1.82, 2.24) is 10.3 Å². The summed E-state index contributed by atoms with van der Waals surface area (Å²) >= 11 is 3.35. The summed E-state index contributed by atoms with van der Waals surface area (Å²) in [7, 11) is 0. The van der Waals surface area contributed by atoms with Crippen LogP contribution in [0.2, 0.25) is 0 Å². The monoisotopic (exact) mass is 291 g/mol. The maximum absolute atomic E-state index is 4.32. The Morgan fingerprint density at radius 1 is 1.53 bits per heavy atom. The van der Waals surface area contributed by atoms with Gasteiger partial charge >= 0.3 is 0 Å². The zero-order chi connectivity index (χ0) is 9.80. The van der Waals surface area contributed by atoms with Crippen LogP contribution in [0, 0.1) is 5.92 Å². The third-order valence-electron chi connectivity index (χ3n) is 2.45. The van der Waals surface area contributed by atoms with Gasteiger partial charge in [-0.05, 0) is 53.5 Å². The first-order valence-electron chi connectivity index (χ1n) is 4.92. The number of nitrogens with one attached hydrogen (secondary N) is 2. The highest BCUT2D eigenvalue weighted by atomic mass is 79.9. The molecule has 1 aromatic rings. The van der Waals surface area contributed by atoms with Crippen molar-refractivity contribution in [2.24, 2.45) is 5.92 Å². The van der Waals surface area contributed by atoms with Gasteiger partial charge in [-0.2, -0.15) is 0 Å². The van der Waals surface area contributed by atoms with Gasteiger partial charge in [-0.15, -0.1) is 12.4 Å². The van der Waals surface area contributed by atoms with Gasteiger partial charge in [0.2, 0.25) is 0 Å². The molecule has 1 aliphatic heterocycles. The summed E-state index contributed by atoms with van der Waals surface area (Å²) in [6.45, 7) is 3.29. The van der Waals surface area contributed by atoms with Gasteiger partial charge < -0.3 is 10.6 Å². The Kier molecular flexibility index (Phi) is 5.36. The van der Waals surface area contributed by atoms with Crippen LogP contribution in [0.15, 0.2) is 22.8 Å². The van der Waals surface area contributed by atoms with E-state index in [-0.39, 0.29) is 12.4 Å². The first-order valence-corrected chi connectivity index (χ1v) is 5.71. The second kappa shape index (κ2) is 6.30. The third kappa shape index (κ3) is 3.97. The van der Waals surface area contributed by atoms with E-state index in [1.165, 1.54) is 6.42 Å². The molecule has 1 aliphatic rings. The SMILES string of the molecule is Brc1cccc(NCC2CCNC2)n1.Cl. The molecular weight excluding hydrogens is 277 g/mol. The summed E-state index contributed by atoms with van der Waals surface area (Å²) < 4.78 is 0.882. The minimum Gasteiger partial charge on any atom is -0.370 e. The second-order valence-electron chi connectivity index (χ2n) is 3.59. The van der Waals surface area contributed by atoms with Gasteiger partial charge in [-0.3, -0.25) is 0 Å². The molecule has 1 unspecified atom stereocenters. The van der Waals surface area contributed by atoms with Crippen LogP contribution in [0.5, 0.6) is 0 Å². The summed E-state index contributed by atoms with van der Waals surface area (Å²) in [5, 5.41) is 6.70. The molecule has 15 heavy (non-hydrogen) atoms. The van der Waals surface area contributed by atoms with E-state index < -0.39 is 0 Å². The molecule has 5 heteroatoms. The van der Waals surface area contributed by atoms with Gasteiger partial charge in [0.1, 0.15) is 10.4 Å². The predicted molar refractivity (Wildman–Crippen MR) is 68.7 cm³/mol. The standard InChI is InChI=1S/C10H14BrN3.ClH/c11-9-2-1-3-10(14-9)13-7-8-4-5-12-6-8;/h1-3,8,12H,4-7H2,(H,13,14);1H. The summed E-state index contributed by atoms with van der Waals surface area (Å²) in [6.07, 6.45) is 1.26. The lowest BCUT2D eigenvalue weighted by Crippen LogP contribution is -2.17. The molecule has 1 saturated heterocycles. The lowest BCUT2D eigenvalue weighted by atomic mass is 10.1. The Morgan fingerprint density at radius 3 is 3.07 bits per heavy atom. The number of halogens is 2. The molecule has 0 spiro atoms. The Labute approximate surface area is 105 Å². The van der Waals surface area contributed by atoms with Crippen molar-refractivity contribution >= 4 is 34.2 Å². The first-order chi connectivity index (χ1) is 6.84. The van der Waals surface area contributed by atoms with Crippen LogP contribution in [0.4, 0.5) is 5.82 Å². The average molecular weight is 293 g/mol. The fourth-order valence-corrected chi connectivity index (χ4v) is 1.99. The lowest BCUT2D eigenvalue weighted by molar-refractivity contribution is 0.614. The topological polar surface area (TPSA) is 37.0 Å². The second-order valence-corrected chi connectivity index (χ2v) is 4.40. The molecule has 0 aliphatic carbocycles. The molecule has 0 radical (unpaired) electrons. The zero-order valence-corrected chi connectivity index (χ0v) is 10.8. The smallest absolute Gasteiger partial charge is 0.127 e. The van der Waals surface area contributed by atoms with Crippen molar-refractivity contribution in [3.63, 3.8) is 0 Å².